The van der Waals surface area contributed by atoms with Gasteiger partial charge in [-0.05, 0) is 29.8 Å². The molecule has 6 nitrogen and oxygen atoms in total. The molecule has 1 aliphatic rings. The van der Waals surface area contributed by atoms with Gasteiger partial charge in [-0.3, -0.25) is 9.59 Å². The van der Waals surface area contributed by atoms with E-state index in [4.69, 9.17) is 0 Å². The van der Waals surface area contributed by atoms with Crippen LogP contribution in [0.25, 0.3) is 20.7 Å². The molecule has 10 heteroatoms. The molecule has 5 rings (SSSR count). The van der Waals surface area contributed by atoms with Crippen LogP contribution in [0.1, 0.15) is 20.8 Å². The minimum absolute atomic E-state index is 0.186. The summed E-state index contributed by atoms with van der Waals surface area (Å²) in [6.07, 6.45) is 0. The normalized spacial score (nSPS) is 15.9. The summed E-state index contributed by atoms with van der Waals surface area (Å²) < 4.78 is 14.5. The van der Waals surface area contributed by atoms with Gasteiger partial charge in [0.25, 0.3) is 11.8 Å². The van der Waals surface area contributed by atoms with Crippen molar-refractivity contribution in [1.82, 2.24) is 20.2 Å². The number of rotatable bonds is 5. The zero-order chi connectivity index (χ0) is 22.1. The molecule has 1 aliphatic heterocycles. The summed E-state index contributed by atoms with van der Waals surface area (Å²) in [6, 6.07) is 11.6. The predicted molar refractivity (Wildman–Crippen MR) is 127 cm³/mol. The van der Waals surface area contributed by atoms with Gasteiger partial charge in [-0.2, -0.15) is 0 Å². The van der Waals surface area contributed by atoms with Gasteiger partial charge >= 0.3 is 0 Å². The van der Waals surface area contributed by atoms with E-state index >= 15 is 0 Å². The van der Waals surface area contributed by atoms with Gasteiger partial charge in [0.15, 0.2) is 0 Å². The fourth-order valence-corrected chi connectivity index (χ4v) is 6.37. The minimum atomic E-state index is -0.359. The first-order valence-corrected chi connectivity index (χ1v) is 12.6. The molecule has 32 heavy (non-hydrogen) atoms. The lowest BCUT2D eigenvalue weighted by Gasteiger charge is -2.24. The SMILES string of the molecule is O=C(NCC1SCCN1C(=O)c1ncsc1-c1cccc(F)c1)c1cccc2ncsc12. The van der Waals surface area contributed by atoms with Crippen molar-refractivity contribution in [3.63, 3.8) is 0 Å². The van der Waals surface area contributed by atoms with Crippen LogP contribution in [0.2, 0.25) is 0 Å². The van der Waals surface area contributed by atoms with Gasteiger partial charge in [-0.25, -0.2) is 14.4 Å². The average Bonchev–Trinajstić information content (AvgIpc) is 3.57. The lowest BCUT2D eigenvalue weighted by Crippen LogP contribution is -2.42. The second kappa shape index (κ2) is 8.97. The van der Waals surface area contributed by atoms with Crippen molar-refractivity contribution in [2.45, 2.75) is 5.37 Å². The van der Waals surface area contributed by atoms with Gasteiger partial charge in [-0.15, -0.1) is 34.4 Å². The van der Waals surface area contributed by atoms with Crippen molar-refractivity contribution >= 4 is 56.5 Å². The Balaban J connectivity index is 1.31. The number of amides is 2. The Morgan fingerprint density at radius 3 is 2.84 bits per heavy atom. The number of fused-ring (bicyclic) bond motifs is 1. The minimum Gasteiger partial charge on any atom is -0.349 e. The molecular weight excluding hydrogens is 467 g/mol. The molecule has 0 aliphatic carbocycles. The largest absolute Gasteiger partial charge is 0.349 e. The van der Waals surface area contributed by atoms with E-state index in [1.165, 1.54) is 34.8 Å². The summed E-state index contributed by atoms with van der Waals surface area (Å²) in [5.41, 5.74) is 5.64. The van der Waals surface area contributed by atoms with Gasteiger partial charge in [0, 0.05) is 18.8 Å². The zero-order valence-electron chi connectivity index (χ0n) is 16.7. The molecule has 4 aromatic rings. The number of thiazole rings is 2. The molecule has 0 radical (unpaired) electrons. The quantitative estimate of drug-likeness (QED) is 0.451. The first kappa shape index (κ1) is 21.0. The van der Waals surface area contributed by atoms with Crippen LogP contribution in [-0.4, -0.2) is 50.9 Å². The molecule has 1 atom stereocenters. The van der Waals surface area contributed by atoms with Crippen LogP contribution in [0.5, 0.6) is 0 Å². The van der Waals surface area contributed by atoms with E-state index in [1.807, 2.05) is 12.1 Å². The number of nitrogens with zero attached hydrogens (tertiary/aromatic N) is 3. The van der Waals surface area contributed by atoms with E-state index in [1.54, 1.807) is 45.9 Å². The standard InChI is InChI=1S/C22H17FN4O2S3/c23-14-4-1-3-13(9-14)19-18(26-12-31-19)22(29)27-7-8-30-17(27)10-24-21(28)15-5-2-6-16-20(15)32-11-25-16/h1-6,9,11-12,17H,7-8,10H2,(H,24,28). The highest BCUT2D eigenvalue weighted by Crippen LogP contribution is 2.32. The van der Waals surface area contributed by atoms with Crippen LogP contribution < -0.4 is 5.32 Å². The summed E-state index contributed by atoms with van der Waals surface area (Å²) in [4.78, 5) is 37.0. The molecule has 2 amide bonds. The summed E-state index contributed by atoms with van der Waals surface area (Å²) >= 11 is 4.36. The van der Waals surface area contributed by atoms with Crippen LogP contribution in [0.15, 0.2) is 53.5 Å². The topological polar surface area (TPSA) is 75.2 Å². The maximum Gasteiger partial charge on any atom is 0.274 e. The number of carbonyl (C=O) groups is 2. The molecule has 1 N–H and O–H groups in total. The molecule has 1 unspecified atom stereocenters. The summed E-state index contributed by atoms with van der Waals surface area (Å²) in [7, 11) is 0. The Morgan fingerprint density at radius 2 is 1.97 bits per heavy atom. The smallest absolute Gasteiger partial charge is 0.274 e. The number of nitrogens with one attached hydrogen (secondary N) is 1. The van der Waals surface area contributed by atoms with Crippen molar-refractivity contribution in [1.29, 1.82) is 0 Å². The van der Waals surface area contributed by atoms with Crippen molar-refractivity contribution in [2.24, 2.45) is 0 Å². The van der Waals surface area contributed by atoms with Crippen LogP contribution in [0.4, 0.5) is 4.39 Å². The Labute approximate surface area is 195 Å². The number of hydrogen-bond acceptors (Lipinski definition) is 7. The van der Waals surface area contributed by atoms with Crippen LogP contribution >= 0.6 is 34.4 Å². The number of carbonyl (C=O) groups excluding carboxylic acids is 2. The highest BCUT2D eigenvalue weighted by atomic mass is 32.2. The average molecular weight is 485 g/mol. The van der Waals surface area contributed by atoms with E-state index in [0.29, 0.717) is 34.8 Å². The first-order chi connectivity index (χ1) is 15.6. The summed E-state index contributed by atoms with van der Waals surface area (Å²) in [6.45, 7) is 0.887. The number of thioether (sulfide) groups is 1. The Hall–Kier alpha value is -2.82. The molecule has 162 valence electrons. The van der Waals surface area contributed by atoms with E-state index in [0.717, 1.165) is 16.0 Å². The maximum atomic E-state index is 13.7. The van der Waals surface area contributed by atoms with E-state index in [-0.39, 0.29) is 23.0 Å². The maximum absolute atomic E-state index is 13.7. The van der Waals surface area contributed by atoms with Crippen LogP contribution in [-0.2, 0) is 0 Å². The molecule has 2 aromatic carbocycles. The fourth-order valence-electron chi connectivity index (χ4n) is 3.63. The zero-order valence-corrected chi connectivity index (χ0v) is 19.1. The number of hydrogen-bond donors (Lipinski definition) is 1. The molecule has 3 heterocycles. The molecule has 1 fully saturated rings. The Bertz CT molecular complexity index is 1310. The number of benzene rings is 2. The molecular formula is C22H17FN4O2S3. The van der Waals surface area contributed by atoms with Gasteiger partial charge < -0.3 is 10.2 Å². The lowest BCUT2D eigenvalue weighted by molar-refractivity contribution is 0.0747. The fraction of sp³-hybridized carbons (Fsp3) is 0.182. The van der Waals surface area contributed by atoms with Gasteiger partial charge in [0.1, 0.15) is 11.5 Å². The predicted octanol–water partition coefficient (Wildman–Crippen LogP) is 4.50. The monoisotopic (exact) mass is 484 g/mol. The van der Waals surface area contributed by atoms with E-state index < -0.39 is 0 Å². The van der Waals surface area contributed by atoms with Crippen molar-refractivity contribution in [3.05, 3.63) is 70.6 Å². The third kappa shape index (κ3) is 4.01. The Morgan fingerprint density at radius 1 is 1.12 bits per heavy atom. The first-order valence-electron chi connectivity index (χ1n) is 9.84. The van der Waals surface area contributed by atoms with E-state index in [9.17, 15) is 14.0 Å². The van der Waals surface area contributed by atoms with Crippen LogP contribution in [0, 0.1) is 5.82 Å². The third-order valence-electron chi connectivity index (χ3n) is 5.15. The van der Waals surface area contributed by atoms with Crippen molar-refractivity contribution < 1.29 is 14.0 Å². The van der Waals surface area contributed by atoms with Gasteiger partial charge in [0.2, 0.25) is 0 Å². The van der Waals surface area contributed by atoms with Gasteiger partial charge in [0.05, 0.1) is 37.1 Å². The molecule has 0 saturated carbocycles. The van der Waals surface area contributed by atoms with Crippen LogP contribution in [0.3, 0.4) is 0 Å². The second-order valence-corrected chi connectivity index (χ2v) is 10.1. The second-order valence-electron chi connectivity index (χ2n) is 7.08. The van der Waals surface area contributed by atoms with Crippen molar-refractivity contribution in [2.75, 3.05) is 18.8 Å². The molecule has 2 aromatic heterocycles. The molecule has 1 saturated heterocycles. The lowest BCUT2D eigenvalue weighted by atomic mass is 10.1. The number of halogens is 1. The summed E-state index contributed by atoms with van der Waals surface area (Å²) in [5.74, 6) is 0.0200. The molecule has 0 spiro atoms. The van der Waals surface area contributed by atoms with Gasteiger partial charge in [-0.1, -0.05) is 18.2 Å². The summed E-state index contributed by atoms with van der Waals surface area (Å²) in [5, 5.41) is 2.76. The highest BCUT2D eigenvalue weighted by molar-refractivity contribution is 8.00. The van der Waals surface area contributed by atoms with E-state index in [2.05, 4.69) is 15.3 Å². The Kier molecular flexibility index (Phi) is 5.90. The molecule has 0 bridgehead atoms. The number of aromatic nitrogens is 2. The highest BCUT2D eigenvalue weighted by Gasteiger charge is 2.33. The van der Waals surface area contributed by atoms with Crippen molar-refractivity contribution in [3.8, 4) is 10.4 Å². The third-order valence-corrected chi connectivity index (χ3v) is 8.12.